The summed E-state index contributed by atoms with van der Waals surface area (Å²) in [6.07, 6.45) is 1.84. The third-order valence-corrected chi connectivity index (χ3v) is 4.07. The van der Waals surface area contributed by atoms with Gasteiger partial charge in [-0.1, -0.05) is 30.0 Å². The van der Waals surface area contributed by atoms with Crippen LogP contribution < -0.4 is 14.8 Å². The van der Waals surface area contributed by atoms with Crippen LogP contribution in [0.5, 0.6) is 11.5 Å². The minimum atomic E-state index is -0.105. The largest absolute Gasteiger partial charge is 0.493 e. The summed E-state index contributed by atoms with van der Waals surface area (Å²) >= 11 is 1.16. The summed E-state index contributed by atoms with van der Waals surface area (Å²) in [6.45, 7) is 0. The molecule has 2 rings (SSSR count). The summed E-state index contributed by atoms with van der Waals surface area (Å²) in [5.74, 6) is 1.08. The molecule has 0 unspecified atom stereocenters. The number of aliphatic imine (C=N–C) groups is 1. The van der Waals surface area contributed by atoms with Gasteiger partial charge in [-0.2, -0.15) is 5.26 Å². The smallest absolute Gasteiger partial charge is 0.183 e. The van der Waals surface area contributed by atoms with Crippen molar-refractivity contribution in [1.29, 1.82) is 5.26 Å². The number of rotatable bonds is 6. The van der Waals surface area contributed by atoms with E-state index in [1.54, 1.807) is 18.2 Å². The van der Waals surface area contributed by atoms with Crippen molar-refractivity contribution in [2.45, 2.75) is 0 Å². The third kappa shape index (κ3) is 5.26. The van der Waals surface area contributed by atoms with E-state index >= 15 is 0 Å². The van der Waals surface area contributed by atoms with Gasteiger partial charge in [0.15, 0.2) is 28.6 Å². The van der Waals surface area contributed by atoms with E-state index < -0.39 is 0 Å². The Morgan fingerprint density at radius 1 is 1.16 bits per heavy atom. The topological polar surface area (TPSA) is 83.7 Å². The number of hydrogen-bond donors (Lipinski definition) is 1. The van der Waals surface area contributed by atoms with Crippen LogP contribution in [0.1, 0.15) is 10.4 Å². The van der Waals surface area contributed by atoms with E-state index in [2.05, 4.69) is 10.3 Å². The molecule has 0 fully saturated rings. The minimum absolute atomic E-state index is 0.105. The van der Waals surface area contributed by atoms with E-state index in [4.69, 9.17) is 14.7 Å². The zero-order valence-electron chi connectivity index (χ0n) is 13.9. The first-order valence-electron chi connectivity index (χ1n) is 7.34. The number of nitrogens with zero attached hydrogens (tertiary/aromatic N) is 2. The Morgan fingerprint density at radius 3 is 2.52 bits per heavy atom. The molecule has 0 amide bonds. The van der Waals surface area contributed by atoms with E-state index in [-0.39, 0.29) is 11.5 Å². The third-order valence-electron chi connectivity index (χ3n) is 3.20. The van der Waals surface area contributed by atoms with Gasteiger partial charge < -0.3 is 9.47 Å². The second-order valence-electron chi connectivity index (χ2n) is 4.77. The van der Waals surface area contributed by atoms with Crippen molar-refractivity contribution < 1.29 is 14.3 Å². The van der Waals surface area contributed by atoms with Gasteiger partial charge in [-0.05, 0) is 30.3 Å². The van der Waals surface area contributed by atoms with Gasteiger partial charge in [0.1, 0.15) is 0 Å². The number of methoxy groups -OCH3 is 2. The molecular weight excluding hydrogens is 338 g/mol. The molecular formula is C18H17N3O3S. The number of ether oxygens (including phenoxy) is 2. The number of thioether (sulfide) groups is 1. The highest BCUT2D eigenvalue weighted by atomic mass is 32.2. The molecule has 2 aromatic carbocycles. The van der Waals surface area contributed by atoms with Crippen molar-refractivity contribution in [3.63, 3.8) is 0 Å². The second-order valence-corrected chi connectivity index (χ2v) is 5.73. The SMILES string of the molecule is COc1ccc(C(=O)CSC(=Nc2ccccc2)NC#N)cc1OC. The van der Waals surface area contributed by atoms with Gasteiger partial charge in [0.25, 0.3) is 0 Å². The van der Waals surface area contributed by atoms with Crippen LogP contribution in [0.3, 0.4) is 0 Å². The van der Waals surface area contributed by atoms with E-state index in [0.717, 1.165) is 11.8 Å². The lowest BCUT2D eigenvalue weighted by Gasteiger charge is -2.09. The maximum absolute atomic E-state index is 12.4. The Morgan fingerprint density at radius 2 is 1.88 bits per heavy atom. The van der Waals surface area contributed by atoms with Crippen LogP contribution in [0.25, 0.3) is 0 Å². The van der Waals surface area contributed by atoms with Crippen molar-refractivity contribution in [2.75, 3.05) is 20.0 Å². The molecule has 25 heavy (non-hydrogen) atoms. The number of ketones is 1. The van der Waals surface area contributed by atoms with Gasteiger partial charge in [0.05, 0.1) is 25.7 Å². The number of carbonyl (C=O) groups is 1. The zero-order chi connectivity index (χ0) is 18.1. The van der Waals surface area contributed by atoms with Crippen LogP contribution in [-0.4, -0.2) is 30.9 Å². The molecule has 0 aliphatic carbocycles. The van der Waals surface area contributed by atoms with E-state index in [1.807, 2.05) is 36.5 Å². The molecule has 0 bridgehead atoms. The number of nitrogens with one attached hydrogen (secondary N) is 1. The predicted molar refractivity (Wildman–Crippen MR) is 98.6 cm³/mol. The Bertz CT molecular complexity index is 801. The molecule has 0 heterocycles. The molecule has 0 aliphatic heterocycles. The number of para-hydroxylation sites is 1. The monoisotopic (exact) mass is 355 g/mol. The average molecular weight is 355 g/mol. The first-order valence-corrected chi connectivity index (χ1v) is 8.33. The lowest BCUT2D eigenvalue weighted by atomic mass is 10.1. The summed E-state index contributed by atoms with van der Waals surface area (Å²) in [6, 6.07) is 14.2. The Kier molecular flexibility index (Phi) is 6.87. The lowest BCUT2D eigenvalue weighted by Crippen LogP contribution is -2.16. The van der Waals surface area contributed by atoms with Crippen molar-refractivity contribution >= 4 is 28.4 Å². The Balaban J connectivity index is 2.09. The van der Waals surface area contributed by atoms with Gasteiger partial charge in [-0.15, -0.1) is 0 Å². The first-order chi connectivity index (χ1) is 12.2. The van der Waals surface area contributed by atoms with Crippen molar-refractivity contribution in [3.05, 3.63) is 54.1 Å². The van der Waals surface area contributed by atoms with Crippen LogP contribution in [0.15, 0.2) is 53.5 Å². The number of Topliss-reactive ketones (excluding diaryl/α,β-unsaturated/α-hetero) is 1. The highest BCUT2D eigenvalue weighted by molar-refractivity contribution is 8.14. The predicted octanol–water partition coefficient (Wildman–Crippen LogP) is 3.38. The molecule has 0 aliphatic rings. The summed E-state index contributed by atoms with van der Waals surface area (Å²) in [5.41, 5.74) is 1.20. The Hall–Kier alpha value is -2.98. The summed E-state index contributed by atoms with van der Waals surface area (Å²) < 4.78 is 10.4. The van der Waals surface area contributed by atoms with Gasteiger partial charge in [-0.3, -0.25) is 10.1 Å². The molecule has 0 spiro atoms. The van der Waals surface area contributed by atoms with E-state index in [9.17, 15) is 4.79 Å². The molecule has 1 N–H and O–H groups in total. The number of nitriles is 1. The lowest BCUT2D eigenvalue weighted by molar-refractivity contribution is 0.102. The summed E-state index contributed by atoms with van der Waals surface area (Å²) in [7, 11) is 3.05. The number of amidine groups is 1. The van der Waals surface area contributed by atoms with Gasteiger partial charge in [0.2, 0.25) is 0 Å². The summed E-state index contributed by atoms with van der Waals surface area (Å²) in [4.78, 5) is 16.7. The molecule has 0 radical (unpaired) electrons. The van der Waals surface area contributed by atoms with Crippen molar-refractivity contribution in [1.82, 2.24) is 5.32 Å². The van der Waals surface area contributed by atoms with Crippen LogP contribution >= 0.6 is 11.8 Å². The fraction of sp³-hybridized carbons (Fsp3) is 0.167. The number of benzene rings is 2. The molecule has 128 valence electrons. The van der Waals surface area contributed by atoms with Crippen LogP contribution in [-0.2, 0) is 0 Å². The Labute approximate surface area is 150 Å². The van der Waals surface area contributed by atoms with Gasteiger partial charge in [0, 0.05) is 5.56 Å². The quantitative estimate of drug-likeness (QED) is 0.281. The number of hydrogen-bond acceptors (Lipinski definition) is 6. The fourth-order valence-electron chi connectivity index (χ4n) is 1.99. The van der Waals surface area contributed by atoms with Crippen LogP contribution in [0, 0.1) is 11.5 Å². The maximum atomic E-state index is 12.4. The van der Waals surface area contributed by atoms with E-state index in [0.29, 0.717) is 27.9 Å². The molecule has 6 nitrogen and oxygen atoms in total. The van der Waals surface area contributed by atoms with Gasteiger partial charge >= 0.3 is 0 Å². The van der Waals surface area contributed by atoms with E-state index in [1.165, 1.54) is 14.2 Å². The highest BCUT2D eigenvalue weighted by Gasteiger charge is 2.12. The first kappa shape index (κ1) is 18.4. The standard InChI is InChI=1S/C18H17N3O3S/c1-23-16-9-8-13(10-17(16)24-2)15(22)11-25-18(20-12-19)21-14-6-4-3-5-7-14/h3-10H,11H2,1-2H3,(H,20,21). The summed E-state index contributed by atoms with van der Waals surface area (Å²) in [5, 5.41) is 11.7. The molecule has 0 aromatic heterocycles. The molecule has 2 aromatic rings. The molecule has 0 atom stereocenters. The molecule has 0 saturated carbocycles. The fourth-order valence-corrected chi connectivity index (χ4v) is 2.71. The zero-order valence-corrected chi connectivity index (χ0v) is 14.7. The molecule has 0 saturated heterocycles. The average Bonchev–Trinajstić information content (AvgIpc) is 2.66. The second kappa shape index (κ2) is 9.35. The van der Waals surface area contributed by atoms with Crippen LogP contribution in [0.2, 0.25) is 0 Å². The van der Waals surface area contributed by atoms with Gasteiger partial charge in [-0.25, -0.2) is 4.99 Å². The minimum Gasteiger partial charge on any atom is -0.493 e. The normalized spacial score (nSPS) is 10.7. The maximum Gasteiger partial charge on any atom is 0.183 e. The molecule has 7 heteroatoms. The van der Waals surface area contributed by atoms with Crippen molar-refractivity contribution in [2.24, 2.45) is 4.99 Å². The van der Waals surface area contributed by atoms with Crippen molar-refractivity contribution in [3.8, 4) is 17.7 Å². The van der Waals surface area contributed by atoms with Crippen LogP contribution in [0.4, 0.5) is 5.69 Å². The highest BCUT2D eigenvalue weighted by Crippen LogP contribution is 2.28. The number of carbonyl (C=O) groups excluding carboxylic acids is 1.